The highest BCUT2D eigenvalue weighted by atomic mass is 35.5. The van der Waals surface area contributed by atoms with Crippen molar-refractivity contribution in [1.29, 1.82) is 0 Å². The van der Waals surface area contributed by atoms with Crippen LogP contribution in [0.5, 0.6) is 0 Å². The van der Waals surface area contributed by atoms with E-state index in [4.69, 9.17) is 11.6 Å². The summed E-state index contributed by atoms with van der Waals surface area (Å²) < 4.78 is 38.2. The number of anilines is 2. The van der Waals surface area contributed by atoms with E-state index in [2.05, 4.69) is 5.32 Å². The van der Waals surface area contributed by atoms with Crippen LogP contribution in [0.15, 0.2) is 36.4 Å². The number of amides is 1. The lowest BCUT2D eigenvalue weighted by Crippen LogP contribution is -2.34. The van der Waals surface area contributed by atoms with Crippen molar-refractivity contribution >= 4 is 38.9 Å². The van der Waals surface area contributed by atoms with Crippen molar-refractivity contribution in [2.45, 2.75) is 12.8 Å². The summed E-state index contributed by atoms with van der Waals surface area (Å²) in [6, 6.07) is 8.59. The van der Waals surface area contributed by atoms with Gasteiger partial charge < -0.3 is 5.32 Å². The predicted molar refractivity (Wildman–Crippen MR) is 96.3 cm³/mol. The fourth-order valence-electron chi connectivity index (χ4n) is 2.83. The van der Waals surface area contributed by atoms with E-state index in [1.807, 2.05) is 0 Å². The highest BCUT2D eigenvalue weighted by Crippen LogP contribution is 2.30. The molecule has 0 radical (unpaired) electrons. The maximum Gasteiger partial charge on any atom is 0.255 e. The molecular formula is C17H16ClFN2O3S. The molecule has 1 heterocycles. The zero-order valence-electron chi connectivity index (χ0n) is 13.4. The number of sulfonamides is 1. The third kappa shape index (κ3) is 3.77. The molecule has 132 valence electrons. The Balaban J connectivity index is 1.88. The van der Waals surface area contributed by atoms with E-state index < -0.39 is 21.7 Å². The molecule has 2 aromatic carbocycles. The highest BCUT2D eigenvalue weighted by Gasteiger charge is 2.24. The summed E-state index contributed by atoms with van der Waals surface area (Å²) in [5.41, 5.74) is 2.10. The number of hydrogen-bond acceptors (Lipinski definition) is 3. The first-order valence-electron chi connectivity index (χ1n) is 7.63. The van der Waals surface area contributed by atoms with Crippen LogP contribution in [0.3, 0.4) is 0 Å². The topological polar surface area (TPSA) is 66.5 Å². The standard InChI is InChI=1S/C17H16ClFN2O3S/c1-25(23,24)21-8-2-3-11-9-12(4-7-16(11)21)17(22)20-15-6-5-13(19)10-14(15)18/h4-7,9-10H,2-3,8H2,1H3,(H,20,22). The Morgan fingerprint density at radius 2 is 2.00 bits per heavy atom. The average Bonchev–Trinajstić information content (AvgIpc) is 2.55. The summed E-state index contributed by atoms with van der Waals surface area (Å²) >= 11 is 5.92. The minimum atomic E-state index is -3.35. The number of benzene rings is 2. The largest absolute Gasteiger partial charge is 0.321 e. The van der Waals surface area contributed by atoms with Gasteiger partial charge in [-0.1, -0.05) is 11.6 Å². The lowest BCUT2D eigenvalue weighted by molar-refractivity contribution is 0.102. The van der Waals surface area contributed by atoms with E-state index in [1.54, 1.807) is 18.2 Å². The van der Waals surface area contributed by atoms with Crippen molar-refractivity contribution in [1.82, 2.24) is 0 Å². The fourth-order valence-corrected chi connectivity index (χ4v) is 4.04. The van der Waals surface area contributed by atoms with Gasteiger partial charge in [0.25, 0.3) is 5.91 Å². The molecule has 1 N–H and O–H groups in total. The molecule has 0 fully saturated rings. The van der Waals surface area contributed by atoms with Gasteiger partial charge in [0, 0.05) is 12.1 Å². The Morgan fingerprint density at radius 1 is 1.24 bits per heavy atom. The van der Waals surface area contributed by atoms with Crippen LogP contribution in [-0.2, 0) is 16.4 Å². The summed E-state index contributed by atoms with van der Waals surface area (Å²) in [4.78, 5) is 12.4. The van der Waals surface area contributed by atoms with Crippen molar-refractivity contribution < 1.29 is 17.6 Å². The Morgan fingerprint density at radius 3 is 2.68 bits per heavy atom. The fraction of sp³-hybridized carbons (Fsp3) is 0.235. The molecule has 5 nitrogen and oxygen atoms in total. The number of aryl methyl sites for hydroxylation is 1. The van der Waals surface area contributed by atoms with Gasteiger partial charge in [-0.25, -0.2) is 12.8 Å². The number of fused-ring (bicyclic) bond motifs is 1. The normalized spacial score (nSPS) is 14.1. The van der Waals surface area contributed by atoms with E-state index in [0.717, 1.165) is 11.6 Å². The van der Waals surface area contributed by atoms with E-state index >= 15 is 0 Å². The van der Waals surface area contributed by atoms with Gasteiger partial charge in [0.15, 0.2) is 0 Å². The Kier molecular flexibility index (Phi) is 4.71. The third-order valence-corrected chi connectivity index (χ3v) is 5.49. The first-order valence-corrected chi connectivity index (χ1v) is 9.85. The third-order valence-electron chi connectivity index (χ3n) is 4.00. The number of hydrogen-bond donors (Lipinski definition) is 1. The molecule has 25 heavy (non-hydrogen) atoms. The van der Waals surface area contributed by atoms with Crippen LogP contribution >= 0.6 is 11.6 Å². The van der Waals surface area contributed by atoms with Gasteiger partial charge >= 0.3 is 0 Å². The van der Waals surface area contributed by atoms with Crippen LogP contribution < -0.4 is 9.62 Å². The summed E-state index contributed by atoms with van der Waals surface area (Å²) in [7, 11) is -3.35. The monoisotopic (exact) mass is 382 g/mol. The molecule has 8 heteroatoms. The Labute approximate surface area is 150 Å². The molecule has 1 amide bonds. The van der Waals surface area contributed by atoms with Crippen LogP contribution in [-0.4, -0.2) is 27.1 Å². The zero-order chi connectivity index (χ0) is 18.2. The smallest absolute Gasteiger partial charge is 0.255 e. The number of carbonyl (C=O) groups excluding carboxylic acids is 1. The molecule has 1 aliphatic rings. The van der Waals surface area contributed by atoms with Gasteiger partial charge in [0.2, 0.25) is 10.0 Å². The first kappa shape index (κ1) is 17.7. The lowest BCUT2D eigenvalue weighted by atomic mass is 10.0. The molecule has 0 bridgehead atoms. The maximum atomic E-state index is 13.1. The van der Waals surface area contributed by atoms with Crippen molar-refractivity contribution in [2.24, 2.45) is 0 Å². The molecule has 1 aliphatic heterocycles. The maximum absolute atomic E-state index is 13.1. The zero-order valence-corrected chi connectivity index (χ0v) is 15.0. The molecule has 0 saturated carbocycles. The van der Waals surface area contributed by atoms with Gasteiger partial charge in [-0.3, -0.25) is 9.10 Å². The van der Waals surface area contributed by atoms with Crippen LogP contribution in [0.1, 0.15) is 22.3 Å². The predicted octanol–water partition coefficient (Wildman–Crippen LogP) is 3.44. The summed E-state index contributed by atoms with van der Waals surface area (Å²) in [5, 5.41) is 2.74. The van der Waals surface area contributed by atoms with Gasteiger partial charge in [-0.2, -0.15) is 0 Å². The van der Waals surface area contributed by atoms with Crippen molar-refractivity contribution in [2.75, 3.05) is 22.4 Å². The quantitative estimate of drug-likeness (QED) is 0.884. The first-order chi connectivity index (χ1) is 11.8. The van der Waals surface area contributed by atoms with Gasteiger partial charge in [0.1, 0.15) is 5.82 Å². The van der Waals surface area contributed by atoms with Gasteiger partial charge in [0.05, 0.1) is 22.7 Å². The Hall–Kier alpha value is -2.12. The van der Waals surface area contributed by atoms with Crippen LogP contribution in [0.2, 0.25) is 5.02 Å². The summed E-state index contributed by atoms with van der Waals surface area (Å²) in [6.45, 7) is 0.433. The molecular weight excluding hydrogens is 367 g/mol. The van der Waals surface area contributed by atoms with E-state index in [9.17, 15) is 17.6 Å². The summed E-state index contributed by atoms with van der Waals surface area (Å²) in [6.07, 6.45) is 2.55. The minimum Gasteiger partial charge on any atom is -0.321 e. The second kappa shape index (κ2) is 6.65. The number of carbonyl (C=O) groups is 1. The molecule has 0 atom stereocenters. The number of halogens is 2. The van der Waals surface area contributed by atoms with Gasteiger partial charge in [-0.15, -0.1) is 0 Å². The average molecular weight is 383 g/mol. The molecule has 0 aliphatic carbocycles. The van der Waals surface area contributed by atoms with Crippen molar-refractivity contribution in [3.63, 3.8) is 0 Å². The van der Waals surface area contributed by atoms with Crippen LogP contribution in [0, 0.1) is 5.82 Å². The molecule has 0 unspecified atom stereocenters. The SMILES string of the molecule is CS(=O)(=O)N1CCCc2cc(C(=O)Nc3ccc(F)cc3Cl)ccc21. The number of nitrogens with zero attached hydrogens (tertiary/aromatic N) is 1. The second-order valence-electron chi connectivity index (χ2n) is 5.86. The molecule has 3 rings (SSSR count). The van der Waals surface area contributed by atoms with E-state index in [0.29, 0.717) is 36.3 Å². The Bertz CT molecular complexity index is 947. The van der Waals surface area contributed by atoms with E-state index in [1.165, 1.54) is 22.7 Å². The van der Waals surface area contributed by atoms with Crippen LogP contribution in [0.4, 0.5) is 15.8 Å². The lowest BCUT2D eigenvalue weighted by Gasteiger charge is -2.29. The highest BCUT2D eigenvalue weighted by molar-refractivity contribution is 7.92. The summed E-state index contributed by atoms with van der Waals surface area (Å²) in [5.74, 6) is -0.884. The van der Waals surface area contributed by atoms with Gasteiger partial charge in [-0.05, 0) is 54.8 Å². The molecule has 0 spiro atoms. The minimum absolute atomic E-state index is 0.106. The molecule has 0 saturated heterocycles. The number of rotatable bonds is 3. The molecule has 0 aromatic heterocycles. The second-order valence-corrected chi connectivity index (χ2v) is 8.17. The van der Waals surface area contributed by atoms with E-state index in [-0.39, 0.29) is 5.02 Å². The van der Waals surface area contributed by atoms with Crippen LogP contribution in [0.25, 0.3) is 0 Å². The van der Waals surface area contributed by atoms with Crippen molar-refractivity contribution in [3.8, 4) is 0 Å². The molecule has 2 aromatic rings. The van der Waals surface area contributed by atoms with Crippen molar-refractivity contribution in [3.05, 3.63) is 58.4 Å². The number of nitrogens with one attached hydrogen (secondary N) is 1.